The normalized spacial score (nSPS) is 15.5. The van der Waals surface area contributed by atoms with Crippen LogP contribution in [-0.4, -0.2) is 27.6 Å². The van der Waals surface area contributed by atoms with Crippen molar-refractivity contribution in [1.29, 1.82) is 0 Å². The maximum atomic E-state index is 5.98. The number of halogens is 1. The molecular formula is C19H19ClN4. The molecule has 0 amide bonds. The molecule has 0 unspecified atom stereocenters. The summed E-state index contributed by atoms with van der Waals surface area (Å²) in [7, 11) is 0. The van der Waals surface area contributed by atoms with E-state index in [-0.39, 0.29) is 0 Å². The van der Waals surface area contributed by atoms with Crippen LogP contribution in [0, 0.1) is 0 Å². The van der Waals surface area contributed by atoms with Gasteiger partial charge in [-0.15, -0.1) is 0 Å². The summed E-state index contributed by atoms with van der Waals surface area (Å²) in [5.41, 5.74) is 3.10. The summed E-state index contributed by atoms with van der Waals surface area (Å²) >= 11 is 5.98. The third kappa shape index (κ3) is 2.95. The average Bonchev–Trinajstić information content (AvgIpc) is 3.13. The van der Waals surface area contributed by atoms with Crippen molar-refractivity contribution in [2.45, 2.75) is 18.9 Å². The van der Waals surface area contributed by atoms with E-state index in [1.54, 1.807) is 6.20 Å². The van der Waals surface area contributed by atoms with Crippen molar-refractivity contribution in [3.63, 3.8) is 0 Å². The minimum Gasteiger partial charge on any atom is -0.328 e. The molecule has 1 aromatic carbocycles. The van der Waals surface area contributed by atoms with Gasteiger partial charge in [0.1, 0.15) is 5.82 Å². The van der Waals surface area contributed by atoms with Gasteiger partial charge in [0, 0.05) is 35.8 Å². The van der Waals surface area contributed by atoms with Crippen molar-refractivity contribution in [3.8, 4) is 22.6 Å². The van der Waals surface area contributed by atoms with Gasteiger partial charge in [-0.25, -0.2) is 4.98 Å². The smallest absolute Gasteiger partial charge is 0.140 e. The zero-order valence-corrected chi connectivity index (χ0v) is 14.1. The van der Waals surface area contributed by atoms with E-state index in [2.05, 4.69) is 44.2 Å². The van der Waals surface area contributed by atoms with Crippen LogP contribution in [0.5, 0.6) is 0 Å². The summed E-state index contributed by atoms with van der Waals surface area (Å²) in [6.45, 7) is 2.12. The summed E-state index contributed by atoms with van der Waals surface area (Å²) < 4.78 is 2.32. The van der Waals surface area contributed by atoms with E-state index in [1.165, 1.54) is 0 Å². The fourth-order valence-electron chi connectivity index (χ4n) is 3.34. The first-order chi connectivity index (χ1) is 11.8. The van der Waals surface area contributed by atoms with Crippen LogP contribution in [0.1, 0.15) is 18.9 Å². The molecule has 1 aliphatic rings. The number of rotatable bonds is 3. The van der Waals surface area contributed by atoms with Crippen molar-refractivity contribution in [2.75, 3.05) is 13.1 Å². The van der Waals surface area contributed by atoms with Crippen LogP contribution in [-0.2, 0) is 0 Å². The topological polar surface area (TPSA) is 42.7 Å². The standard InChI is InChI=1S/C19H19ClN4/c20-14-5-6-18(23-13-14)16-3-1-2-4-17(16)19-22-11-12-24(19)15-7-9-21-10-8-15/h1-6,11-13,15,21H,7-10H2. The summed E-state index contributed by atoms with van der Waals surface area (Å²) in [4.78, 5) is 9.14. The lowest BCUT2D eigenvalue weighted by Crippen LogP contribution is -2.29. The van der Waals surface area contributed by atoms with Gasteiger partial charge in [-0.1, -0.05) is 35.9 Å². The molecular weight excluding hydrogens is 320 g/mol. The van der Waals surface area contributed by atoms with Gasteiger partial charge in [-0.2, -0.15) is 0 Å². The van der Waals surface area contributed by atoms with Crippen molar-refractivity contribution in [1.82, 2.24) is 19.9 Å². The SMILES string of the molecule is Clc1ccc(-c2ccccc2-c2nccn2C2CCNCC2)nc1. The van der Waals surface area contributed by atoms with Crippen LogP contribution in [0.2, 0.25) is 5.02 Å². The highest BCUT2D eigenvalue weighted by Crippen LogP contribution is 2.33. The molecule has 0 radical (unpaired) electrons. The monoisotopic (exact) mass is 338 g/mol. The molecule has 0 saturated carbocycles. The highest BCUT2D eigenvalue weighted by Gasteiger charge is 2.20. The first kappa shape index (κ1) is 15.4. The number of nitrogens with zero attached hydrogens (tertiary/aromatic N) is 3. The molecule has 2 aromatic heterocycles. The summed E-state index contributed by atoms with van der Waals surface area (Å²) in [5, 5.41) is 4.07. The third-order valence-corrected chi connectivity index (χ3v) is 4.77. The van der Waals surface area contributed by atoms with Gasteiger partial charge < -0.3 is 9.88 Å². The molecule has 0 spiro atoms. The highest BCUT2D eigenvalue weighted by molar-refractivity contribution is 6.30. The van der Waals surface area contributed by atoms with Gasteiger partial charge in [-0.05, 0) is 38.1 Å². The molecule has 1 N–H and O–H groups in total. The van der Waals surface area contributed by atoms with Crippen molar-refractivity contribution in [2.24, 2.45) is 0 Å². The molecule has 122 valence electrons. The van der Waals surface area contributed by atoms with Crippen LogP contribution in [0.3, 0.4) is 0 Å². The summed E-state index contributed by atoms with van der Waals surface area (Å²) in [5.74, 6) is 1.01. The molecule has 1 aliphatic heterocycles. The summed E-state index contributed by atoms with van der Waals surface area (Å²) in [6, 6.07) is 12.6. The van der Waals surface area contributed by atoms with Crippen LogP contribution >= 0.6 is 11.6 Å². The van der Waals surface area contributed by atoms with Gasteiger partial charge in [-0.3, -0.25) is 4.98 Å². The minimum absolute atomic E-state index is 0.495. The predicted octanol–water partition coefficient (Wildman–Crippen LogP) is 4.19. The summed E-state index contributed by atoms with van der Waals surface area (Å²) in [6.07, 6.45) is 7.93. The molecule has 0 aliphatic carbocycles. The first-order valence-corrected chi connectivity index (χ1v) is 8.65. The second kappa shape index (κ2) is 6.75. The second-order valence-electron chi connectivity index (χ2n) is 6.05. The number of hydrogen-bond acceptors (Lipinski definition) is 3. The zero-order chi connectivity index (χ0) is 16.4. The second-order valence-corrected chi connectivity index (χ2v) is 6.48. The molecule has 4 nitrogen and oxygen atoms in total. The van der Waals surface area contributed by atoms with Crippen LogP contribution < -0.4 is 5.32 Å². The number of nitrogens with one attached hydrogen (secondary N) is 1. The molecule has 3 aromatic rings. The van der Waals surface area contributed by atoms with E-state index in [1.807, 2.05) is 24.4 Å². The van der Waals surface area contributed by atoms with E-state index < -0.39 is 0 Å². The molecule has 1 fully saturated rings. The number of benzene rings is 1. The maximum Gasteiger partial charge on any atom is 0.140 e. The van der Waals surface area contributed by atoms with Crippen LogP contribution in [0.15, 0.2) is 55.0 Å². The lowest BCUT2D eigenvalue weighted by molar-refractivity contribution is 0.370. The lowest BCUT2D eigenvalue weighted by atomic mass is 10.0. The van der Waals surface area contributed by atoms with E-state index in [0.29, 0.717) is 11.1 Å². The van der Waals surface area contributed by atoms with Crippen molar-refractivity contribution < 1.29 is 0 Å². The Morgan fingerprint density at radius 1 is 1.00 bits per heavy atom. The Bertz CT molecular complexity index is 819. The molecule has 24 heavy (non-hydrogen) atoms. The van der Waals surface area contributed by atoms with Gasteiger partial charge in [0.2, 0.25) is 0 Å². The van der Waals surface area contributed by atoms with Crippen LogP contribution in [0.25, 0.3) is 22.6 Å². The van der Waals surface area contributed by atoms with Gasteiger partial charge in [0.25, 0.3) is 0 Å². The fraction of sp³-hybridized carbons (Fsp3) is 0.263. The number of hydrogen-bond donors (Lipinski definition) is 1. The molecule has 1 saturated heterocycles. The van der Waals surface area contributed by atoms with Gasteiger partial charge >= 0.3 is 0 Å². The van der Waals surface area contributed by atoms with Crippen molar-refractivity contribution >= 4 is 11.6 Å². The van der Waals surface area contributed by atoms with E-state index in [9.17, 15) is 0 Å². The number of imidazole rings is 1. The Balaban J connectivity index is 1.78. The average molecular weight is 339 g/mol. The number of aromatic nitrogens is 3. The largest absolute Gasteiger partial charge is 0.328 e. The Morgan fingerprint density at radius 2 is 1.79 bits per heavy atom. The van der Waals surface area contributed by atoms with Gasteiger partial charge in [0.05, 0.1) is 10.7 Å². The third-order valence-electron chi connectivity index (χ3n) is 4.54. The highest BCUT2D eigenvalue weighted by atomic mass is 35.5. The van der Waals surface area contributed by atoms with Crippen LogP contribution in [0.4, 0.5) is 0 Å². The Kier molecular flexibility index (Phi) is 4.32. The maximum absolute atomic E-state index is 5.98. The quantitative estimate of drug-likeness (QED) is 0.778. The van der Waals surface area contributed by atoms with Gasteiger partial charge in [0.15, 0.2) is 0 Å². The molecule has 5 heteroatoms. The molecule has 3 heterocycles. The zero-order valence-electron chi connectivity index (χ0n) is 13.3. The molecule has 0 bridgehead atoms. The van der Waals surface area contributed by atoms with E-state index in [4.69, 9.17) is 11.6 Å². The van der Waals surface area contributed by atoms with E-state index in [0.717, 1.165) is 48.6 Å². The Morgan fingerprint density at radius 3 is 2.54 bits per heavy atom. The first-order valence-electron chi connectivity index (χ1n) is 8.28. The van der Waals surface area contributed by atoms with E-state index >= 15 is 0 Å². The Labute approximate surface area is 146 Å². The Hall–Kier alpha value is -2.17. The van der Waals surface area contributed by atoms with Crippen molar-refractivity contribution in [3.05, 3.63) is 60.0 Å². The lowest BCUT2D eigenvalue weighted by Gasteiger charge is -2.26. The number of pyridine rings is 1. The molecule has 0 atom stereocenters. The number of piperidine rings is 1. The predicted molar refractivity (Wildman–Crippen MR) is 97.0 cm³/mol. The minimum atomic E-state index is 0.495. The molecule has 4 rings (SSSR count). The fourth-order valence-corrected chi connectivity index (χ4v) is 3.45.